The van der Waals surface area contributed by atoms with Crippen LogP contribution in [0.1, 0.15) is 27.6 Å². The molecule has 0 unspecified atom stereocenters. The van der Waals surface area contributed by atoms with Gasteiger partial charge in [-0.2, -0.15) is 0 Å². The predicted molar refractivity (Wildman–Crippen MR) is 129 cm³/mol. The highest BCUT2D eigenvalue weighted by Crippen LogP contribution is 2.37. The third-order valence-corrected chi connectivity index (χ3v) is 5.51. The molecule has 0 saturated heterocycles. The van der Waals surface area contributed by atoms with Crippen LogP contribution in [0.25, 0.3) is 22.2 Å². The molecule has 35 heavy (non-hydrogen) atoms. The summed E-state index contributed by atoms with van der Waals surface area (Å²) in [5, 5.41) is 3.24. The quantitative estimate of drug-likeness (QED) is 0.325. The number of hydrogen-bond acceptors (Lipinski definition) is 7. The molecule has 0 saturated carbocycles. The lowest BCUT2D eigenvalue weighted by Gasteiger charge is -2.12. The highest BCUT2D eigenvalue weighted by Gasteiger charge is 2.21. The maximum absolute atomic E-state index is 13.0. The standard InChI is InChI=1S/C27H20N2O6/c1-16(30)19-12-24-25(35-15-34-24)13-23(19)29-26(31)14-33-27(32)20-11-22(17-7-3-2-4-8-17)28-21-10-6-5-9-18(20)21/h2-13H,14-15H2,1H3,(H,29,31). The number of nitrogens with one attached hydrogen (secondary N) is 1. The van der Waals surface area contributed by atoms with Crippen LogP contribution in [-0.2, 0) is 9.53 Å². The van der Waals surface area contributed by atoms with Gasteiger partial charge in [0.25, 0.3) is 5.91 Å². The van der Waals surface area contributed by atoms with Gasteiger partial charge in [0.05, 0.1) is 22.5 Å². The maximum Gasteiger partial charge on any atom is 0.339 e. The molecule has 0 spiro atoms. The third-order valence-electron chi connectivity index (χ3n) is 5.51. The molecule has 1 amide bonds. The van der Waals surface area contributed by atoms with E-state index in [1.807, 2.05) is 42.5 Å². The fourth-order valence-electron chi connectivity index (χ4n) is 3.83. The van der Waals surface area contributed by atoms with Crippen molar-refractivity contribution < 1.29 is 28.6 Å². The number of amides is 1. The van der Waals surface area contributed by atoms with Crippen LogP contribution >= 0.6 is 0 Å². The number of fused-ring (bicyclic) bond motifs is 2. The number of carbonyl (C=O) groups is 3. The lowest BCUT2D eigenvalue weighted by atomic mass is 10.0. The number of nitrogens with zero attached hydrogens (tertiary/aromatic N) is 1. The number of ether oxygens (including phenoxy) is 3. The summed E-state index contributed by atoms with van der Waals surface area (Å²) in [5.74, 6) is -0.667. The van der Waals surface area contributed by atoms with Crippen LogP contribution in [0.4, 0.5) is 5.69 Å². The van der Waals surface area contributed by atoms with Gasteiger partial charge in [-0.15, -0.1) is 0 Å². The molecule has 1 aliphatic rings. The number of ketones is 1. The molecule has 3 aromatic carbocycles. The molecule has 8 nitrogen and oxygen atoms in total. The first-order valence-corrected chi connectivity index (χ1v) is 10.9. The van der Waals surface area contributed by atoms with Crippen LogP contribution in [0.5, 0.6) is 11.5 Å². The van der Waals surface area contributed by atoms with Crippen LogP contribution in [0.3, 0.4) is 0 Å². The van der Waals surface area contributed by atoms with E-state index in [-0.39, 0.29) is 23.8 Å². The van der Waals surface area contributed by atoms with E-state index in [0.717, 1.165) is 5.56 Å². The van der Waals surface area contributed by atoms with Crippen LogP contribution < -0.4 is 14.8 Å². The lowest BCUT2D eigenvalue weighted by molar-refractivity contribution is -0.119. The summed E-state index contributed by atoms with van der Waals surface area (Å²) in [7, 11) is 0. The molecule has 0 bridgehead atoms. The predicted octanol–water partition coefficient (Wildman–Crippen LogP) is 4.63. The number of carbonyl (C=O) groups excluding carboxylic acids is 3. The van der Waals surface area contributed by atoms with E-state index >= 15 is 0 Å². The number of benzene rings is 3. The lowest BCUT2D eigenvalue weighted by Crippen LogP contribution is -2.22. The van der Waals surface area contributed by atoms with Crippen molar-refractivity contribution in [2.24, 2.45) is 0 Å². The second kappa shape index (κ2) is 9.26. The fourth-order valence-corrected chi connectivity index (χ4v) is 3.83. The smallest absolute Gasteiger partial charge is 0.339 e. The molecule has 8 heteroatoms. The first-order chi connectivity index (χ1) is 17.0. The van der Waals surface area contributed by atoms with Crippen molar-refractivity contribution in [3.63, 3.8) is 0 Å². The Bertz CT molecular complexity index is 1470. The van der Waals surface area contributed by atoms with Crippen LogP contribution in [0, 0.1) is 0 Å². The zero-order chi connectivity index (χ0) is 24.4. The molecule has 0 aliphatic carbocycles. The summed E-state index contributed by atoms with van der Waals surface area (Å²) in [5.41, 5.74) is 2.92. The van der Waals surface area contributed by atoms with Crippen molar-refractivity contribution in [2.45, 2.75) is 6.92 Å². The largest absolute Gasteiger partial charge is 0.454 e. The van der Waals surface area contributed by atoms with Gasteiger partial charge < -0.3 is 19.5 Å². The van der Waals surface area contributed by atoms with Gasteiger partial charge in [0.15, 0.2) is 23.9 Å². The summed E-state index contributed by atoms with van der Waals surface area (Å²) in [6.45, 7) is 0.876. The van der Waals surface area contributed by atoms with E-state index in [1.165, 1.54) is 19.1 Å². The average Bonchev–Trinajstić information content (AvgIpc) is 3.34. The third kappa shape index (κ3) is 4.54. The number of hydrogen-bond donors (Lipinski definition) is 1. The number of esters is 1. The van der Waals surface area contributed by atoms with E-state index in [9.17, 15) is 14.4 Å². The van der Waals surface area contributed by atoms with Crippen LogP contribution in [0.15, 0.2) is 72.8 Å². The Labute approximate surface area is 200 Å². The molecule has 2 heterocycles. The first kappa shape index (κ1) is 22.1. The van der Waals surface area contributed by atoms with Crippen molar-refractivity contribution >= 4 is 34.3 Å². The molecule has 1 aromatic heterocycles. The van der Waals surface area contributed by atoms with Crippen molar-refractivity contribution in [1.29, 1.82) is 0 Å². The van der Waals surface area contributed by atoms with Crippen LogP contribution in [-0.4, -0.2) is 36.0 Å². The van der Waals surface area contributed by atoms with Gasteiger partial charge in [-0.05, 0) is 25.1 Å². The molecular weight excluding hydrogens is 448 g/mol. The second-order valence-corrected chi connectivity index (χ2v) is 7.87. The molecule has 0 atom stereocenters. The molecule has 174 valence electrons. The van der Waals surface area contributed by atoms with E-state index < -0.39 is 18.5 Å². The van der Waals surface area contributed by atoms with Gasteiger partial charge >= 0.3 is 5.97 Å². The van der Waals surface area contributed by atoms with Crippen molar-refractivity contribution in [3.8, 4) is 22.8 Å². The normalized spacial score (nSPS) is 11.8. The highest BCUT2D eigenvalue weighted by molar-refractivity contribution is 6.07. The minimum absolute atomic E-state index is 0.0343. The number of para-hydroxylation sites is 1. The van der Waals surface area contributed by atoms with Crippen molar-refractivity contribution in [2.75, 3.05) is 18.7 Å². The van der Waals surface area contributed by atoms with Gasteiger partial charge in [-0.25, -0.2) is 9.78 Å². The van der Waals surface area contributed by atoms with E-state index in [2.05, 4.69) is 10.3 Å². The zero-order valence-corrected chi connectivity index (χ0v) is 18.7. The molecular formula is C27H20N2O6. The van der Waals surface area contributed by atoms with E-state index in [0.29, 0.717) is 33.7 Å². The number of anilines is 1. The topological polar surface area (TPSA) is 104 Å². The molecule has 0 fully saturated rings. The first-order valence-electron chi connectivity index (χ1n) is 10.9. The maximum atomic E-state index is 13.0. The monoisotopic (exact) mass is 468 g/mol. The van der Waals surface area contributed by atoms with Gasteiger partial charge in [-0.3, -0.25) is 9.59 Å². The molecule has 4 aromatic rings. The minimum atomic E-state index is -0.659. The highest BCUT2D eigenvalue weighted by atomic mass is 16.7. The Morgan fingerprint density at radius 2 is 1.63 bits per heavy atom. The summed E-state index contributed by atoms with van der Waals surface area (Å²) >= 11 is 0. The average molecular weight is 468 g/mol. The van der Waals surface area contributed by atoms with Crippen LogP contribution in [0.2, 0.25) is 0 Å². The van der Waals surface area contributed by atoms with Crippen molar-refractivity contribution in [1.82, 2.24) is 4.98 Å². The van der Waals surface area contributed by atoms with Gasteiger partial charge in [0.2, 0.25) is 6.79 Å². The Kier molecular flexibility index (Phi) is 5.85. The summed E-state index contributed by atoms with van der Waals surface area (Å²) < 4.78 is 16.0. The minimum Gasteiger partial charge on any atom is -0.454 e. The van der Waals surface area contributed by atoms with Crippen molar-refractivity contribution in [3.05, 3.63) is 83.9 Å². The fraction of sp³-hybridized carbons (Fsp3) is 0.111. The Morgan fingerprint density at radius 3 is 2.40 bits per heavy atom. The Morgan fingerprint density at radius 1 is 0.914 bits per heavy atom. The Balaban J connectivity index is 1.36. The number of rotatable bonds is 6. The Hall–Kier alpha value is -4.72. The van der Waals surface area contributed by atoms with E-state index in [1.54, 1.807) is 18.2 Å². The molecule has 1 aliphatic heterocycles. The summed E-state index contributed by atoms with van der Waals surface area (Å²) in [6, 6.07) is 21.4. The zero-order valence-electron chi connectivity index (χ0n) is 18.7. The molecule has 0 radical (unpaired) electrons. The summed E-state index contributed by atoms with van der Waals surface area (Å²) in [6.07, 6.45) is 0. The van der Waals surface area contributed by atoms with Gasteiger partial charge in [-0.1, -0.05) is 48.5 Å². The number of pyridine rings is 1. The second-order valence-electron chi connectivity index (χ2n) is 7.87. The van der Waals surface area contributed by atoms with E-state index in [4.69, 9.17) is 14.2 Å². The van der Waals surface area contributed by atoms with Gasteiger partial charge in [0.1, 0.15) is 0 Å². The number of Topliss-reactive ketones (excluding diaryl/α,β-unsaturated/α-hetero) is 1. The van der Waals surface area contributed by atoms with Gasteiger partial charge in [0, 0.05) is 22.6 Å². The molecule has 1 N–H and O–H groups in total. The SMILES string of the molecule is CC(=O)c1cc2c(cc1NC(=O)COC(=O)c1cc(-c3ccccc3)nc3ccccc13)OCO2. The number of aromatic nitrogens is 1. The molecule has 5 rings (SSSR count). The summed E-state index contributed by atoms with van der Waals surface area (Å²) in [4.78, 5) is 42.3.